The largest absolute Gasteiger partial charge is 0.308 e. The van der Waals surface area contributed by atoms with Crippen molar-refractivity contribution in [1.29, 1.82) is 0 Å². The van der Waals surface area contributed by atoms with Gasteiger partial charge in [-0.1, -0.05) is 13.3 Å². The van der Waals surface area contributed by atoms with Crippen LogP contribution in [0.5, 0.6) is 0 Å². The standard InChI is InChI=1S/C13H19ClN4O2S/c1-3-4-10-12-13(17(2)16-10)18(11(7-14)15-12)9-5-6-21(19,20)8-9/h9H,3-8H2,1-2H3. The maximum absolute atomic E-state index is 11.8. The summed E-state index contributed by atoms with van der Waals surface area (Å²) in [6.07, 6.45) is 2.47. The fourth-order valence-electron chi connectivity index (χ4n) is 3.11. The molecule has 1 atom stereocenters. The zero-order valence-electron chi connectivity index (χ0n) is 12.2. The molecule has 8 heteroatoms. The van der Waals surface area contributed by atoms with Gasteiger partial charge in [0, 0.05) is 7.05 Å². The van der Waals surface area contributed by atoms with Crippen molar-refractivity contribution in [3.8, 4) is 0 Å². The minimum absolute atomic E-state index is 0.0846. The number of nitrogens with zero attached hydrogens (tertiary/aromatic N) is 4. The molecule has 1 unspecified atom stereocenters. The molecule has 1 aliphatic rings. The minimum Gasteiger partial charge on any atom is -0.308 e. The first-order chi connectivity index (χ1) is 9.96. The van der Waals surface area contributed by atoms with E-state index in [4.69, 9.17) is 11.6 Å². The lowest BCUT2D eigenvalue weighted by Gasteiger charge is -2.14. The number of alkyl halides is 1. The second-order valence-corrected chi connectivity index (χ2v) is 8.08. The van der Waals surface area contributed by atoms with Gasteiger partial charge in [0.25, 0.3) is 0 Å². The normalized spacial score (nSPS) is 21.4. The fourth-order valence-corrected chi connectivity index (χ4v) is 5.00. The maximum Gasteiger partial charge on any atom is 0.159 e. The van der Waals surface area contributed by atoms with Crippen molar-refractivity contribution in [3.63, 3.8) is 0 Å². The van der Waals surface area contributed by atoms with Crippen LogP contribution in [0.1, 0.15) is 37.3 Å². The van der Waals surface area contributed by atoms with Crippen LogP contribution < -0.4 is 0 Å². The van der Waals surface area contributed by atoms with Crippen LogP contribution in [0.2, 0.25) is 0 Å². The summed E-state index contributed by atoms with van der Waals surface area (Å²) in [7, 11) is -1.08. The van der Waals surface area contributed by atoms with E-state index in [0.29, 0.717) is 6.42 Å². The second-order valence-electron chi connectivity index (χ2n) is 5.58. The van der Waals surface area contributed by atoms with Gasteiger partial charge in [-0.25, -0.2) is 13.4 Å². The molecule has 0 amide bonds. The number of imidazole rings is 1. The number of halogens is 1. The summed E-state index contributed by atoms with van der Waals surface area (Å²) < 4.78 is 27.3. The third-order valence-electron chi connectivity index (χ3n) is 3.99. The van der Waals surface area contributed by atoms with Gasteiger partial charge < -0.3 is 4.57 Å². The van der Waals surface area contributed by atoms with E-state index in [1.807, 2.05) is 11.6 Å². The number of aromatic nitrogens is 4. The number of hydrogen-bond acceptors (Lipinski definition) is 4. The zero-order valence-corrected chi connectivity index (χ0v) is 13.8. The summed E-state index contributed by atoms with van der Waals surface area (Å²) >= 11 is 6.03. The Morgan fingerprint density at radius 2 is 2.19 bits per heavy atom. The Hall–Kier alpha value is -1.08. The van der Waals surface area contributed by atoms with Crippen molar-refractivity contribution in [3.05, 3.63) is 11.5 Å². The molecule has 0 radical (unpaired) electrons. The van der Waals surface area contributed by atoms with Crippen LogP contribution in [0, 0.1) is 0 Å². The van der Waals surface area contributed by atoms with Crippen molar-refractivity contribution in [2.45, 2.75) is 38.1 Å². The molecule has 0 N–H and O–H groups in total. The summed E-state index contributed by atoms with van der Waals surface area (Å²) in [5.41, 5.74) is 2.71. The van der Waals surface area contributed by atoms with E-state index < -0.39 is 9.84 Å². The van der Waals surface area contributed by atoms with Crippen molar-refractivity contribution in [1.82, 2.24) is 19.3 Å². The highest BCUT2D eigenvalue weighted by atomic mass is 35.5. The molecule has 0 saturated carbocycles. The molecule has 0 aromatic carbocycles. The average molecular weight is 331 g/mol. The quantitative estimate of drug-likeness (QED) is 0.802. The molecule has 2 aromatic rings. The lowest BCUT2D eigenvalue weighted by atomic mass is 10.2. The van der Waals surface area contributed by atoms with E-state index in [1.165, 1.54) is 0 Å². The van der Waals surface area contributed by atoms with Crippen LogP contribution in [0.4, 0.5) is 0 Å². The van der Waals surface area contributed by atoms with Gasteiger partial charge in [0.15, 0.2) is 15.5 Å². The summed E-state index contributed by atoms with van der Waals surface area (Å²) in [4.78, 5) is 4.62. The van der Waals surface area contributed by atoms with Gasteiger partial charge >= 0.3 is 0 Å². The van der Waals surface area contributed by atoms with E-state index in [-0.39, 0.29) is 23.4 Å². The average Bonchev–Trinajstić information content (AvgIpc) is 3.05. The molecule has 3 rings (SSSR count). The third kappa shape index (κ3) is 2.46. The van der Waals surface area contributed by atoms with Crippen molar-refractivity contribution < 1.29 is 8.42 Å². The predicted molar refractivity (Wildman–Crippen MR) is 82.4 cm³/mol. The van der Waals surface area contributed by atoms with Crippen molar-refractivity contribution in [2.75, 3.05) is 11.5 Å². The summed E-state index contributed by atoms with van der Waals surface area (Å²) in [5.74, 6) is 1.41. The number of hydrogen-bond donors (Lipinski definition) is 0. The Kier molecular flexibility index (Phi) is 3.73. The Labute approximate surface area is 129 Å². The van der Waals surface area contributed by atoms with Gasteiger partial charge in [0.1, 0.15) is 11.3 Å². The molecule has 2 aromatic heterocycles. The van der Waals surface area contributed by atoms with E-state index in [2.05, 4.69) is 17.0 Å². The molecule has 1 fully saturated rings. The molecule has 0 aliphatic carbocycles. The molecular weight excluding hydrogens is 312 g/mol. The Balaban J connectivity index is 2.17. The highest BCUT2D eigenvalue weighted by molar-refractivity contribution is 7.91. The molecule has 6 nitrogen and oxygen atoms in total. The third-order valence-corrected chi connectivity index (χ3v) is 5.98. The highest BCUT2D eigenvalue weighted by Gasteiger charge is 2.33. The SMILES string of the molecule is CCCc1nn(C)c2c1nc(CCl)n2C1CCS(=O)(=O)C1. The monoisotopic (exact) mass is 330 g/mol. The molecule has 3 heterocycles. The second kappa shape index (κ2) is 5.28. The predicted octanol–water partition coefficient (Wildman–Crippen LogP) is 1.82. The topological polar surface area (TPSA) is 69.8 Å². The van der Waals surface area contributed by atoms with Gasteiger partial charge in [-0.3, -0.25) is 4.68 Å². The van der Waals surface area contributed by atoms with Gasteiger partial charge in [-0.2, -0.15) is 5.10 Å². The summed E-state index contributed by atoms with van der Waals surface area (Å²) in [6, 6.07) is -0.0846. The first kappa shape index (κ1) is 14.8. The number of rotatable bonds is 4. The number of sulfone groups is 1. The lowest BCUT2D eigenvalue weighted by molar-refractivity contribution is 0.539. The van der Waals surface area contributed by atoms with Crippen molar-refractivity contribution >= 4 is 32.6 Å². The van der Waals surface area contributed by atoms with Crippen LogP contribution in [0.25, 0.3) is 11.2 Å². The van der Waals surface area contributed by atoms with Crippen molar-refractivity contribution in [2.24, 2.45) is 7.05 Å². The lowest BCUT2D eigenvalue weighted by Crippen LogP contribution is -2.15. The van der Waals surface area contributed by atoms with Gasteiger partial charge in [-0.15, -0.1) is 11.6 Å². The summed E-state index contributed by atoms with van der Waals surface area (Å²) in [6.45, 7) is 2.10. The van der Waals surface area contributed by atoms with E-state index in [1.54, 1.807) is 4.68 Å². The highest BCUT2D eigenvalue weighted by Crippen LogP contribution is 2.31. The molecule has 1 aliphatic heterocycles. The fraction of sp³-hybridized carbons (Fsp3) is 0.692. The summed E-state index contributed by atoms with van der Waals surface area (Å²) in [5, 5.41) is 4.52. The van der Waals surface area contributed by atoms with Gasteiger partial charge in [-0.05, 0) is 12.8 Å². The molecule has 0 bridgehead atoms. The van der Waals surface area contributed by atoms with E-state index in [0.717, 1.165) is 35.5 Å². The molecule has 0 spiro atoms. The first-order valence-corrected chi connectivity index (χ1v) is 9.51. The first-order valence-electron chi connectivity index (χ1n) is 7.16. The van der Waals surface area contributed by atoms with Crippen LogP contribution in [-0.4, -0.2) is 39.3 Å². The Morgan fingerprint density at radius 1 is 1.43 bits per heavy atom. The zero-order chi connectivity index (χ0) is 15.2. The van der Waals surface area contributed by atoms with E-state index >= 15 is 0 Å². The van der Waals surface area contributed by atoms with Crippen LogP contribution in [0.15, 0.2) is 0 Å². The molecule has 21 heavy (non-hydrogen) atoms. The maximum atomic E-state index is 11.8. The molecule has 1 saturated heterocycles. The minimum atomic E-state index is -2.95. The Morgan fingerprint density at radius 3 is 2.76 bits per heavy atom. The van der Waals surface area contributed by atoms with Crippen LogP contribution in [-0.2, 0) is 29.2 Å². The number of fused-ring (bicyclic) bond motifs is 1. The van der Waals surface area contributed by atoms with Crippen LogP contribution >= 0.6 is 11.6 Å². The van der Waals surface area contributed by atoms with Crippen LogP contribution in [0.3, 0.4) is 0 Å². The molecule has 116 valence electrons. The molecular formula is C13H19ClN4O2S. The van der Waals surface area contributed by atoms with Gasteiger partial charge in [0.2, 0.25) is 0 Å². The van der Waals surface area contributed by atoms with E-state index in [9.17, 15) is 8.42 Å². The Bertz CT molecular complexity index is 778. The van der Waals surface area contributed by atoms with Gasteiger partial charge in [0.05, 0.1) is 29.1 Å². The number of aryl methyl sites for hydroxylation is 2. The smallest absolute Gasteiger partial charge is 0.159 e.